The fourth-order valence-electron chi connectivity index (χ4n) is 2.68. The second kappa shape index (κ2) is 7.46. The lowest BCUT2D eigenvalue weighted by Gasteiger charge is -2.34. The van der Waals surface area contributed by atoms with Crippen LogP contribution in [0.1, 0.15) is 5.56 Å². The van der Waals surface area contributed by atoms with Gasteiger partial charge in [0.05, 0.1) is 20.5 Å². The van der Waals surface area contributed by atoms with Crippen LogP contribution in [0.3, 0.4) is 0 Å². The summed E-state index contributed by atoms with van der Waals surface area (Å²) in [6.07, 6.45) is -3.67. The van der Waals surface area contributed by atoms with E-state index in [-0.39, 0.29) is 28.0 Å². The lowest BCUT2D eigenvalue weighted by Crippen LogP contribution is -2.48. The van der Waals surface area contributed by atoms with Gasteiger partial charge in [-0.15, -0.1) is 0 Å². The summed E-state index contributed by atoms with van der Waals surface area (Å²) in [7, 11) is -3.74. The quantitative estimate of drug-likeness (QED) is 0.727. The molecule has 2 aromatic rings. The van der Waals surface area contributed by atoms with Gasteiger partial charge in [0.1, 0.15) is 5.82 Å². The molecule has 11 heteroatoms. The highest BCUT2D eigenvalue weighted by atomic mass is 35.5. The van der Waals surface area contributed by atoms with Crippen LogP contribution in [-0.4, -0.2) is 43.9 Å². The van der Waals surface area contributed by atoms with Crippen LogP contribution in [0.15, 0.2) is 41.4 Å². The lowest BCUT2D eigenvalue weighted by molar-refractivity contribution is -0.137. The number of aromatic nitrogens is 1. The Bertz CT molecular complexity index is 929. The van der Waals surface area contributed by atoms with Crippen LogP contribution in [0.2, 0.25) is 10.0 Å². The third-order valence-corrected chi connectivity index (χ3v) is 6.80. The Kier molecular flexibility index (Phi) is 5.58. The molecule has 2 heterocycles. The Labute approximate surface area is 164 Å². The summed E-state index contributed by atoms with van der Waals surface area (Å²) >= 11 is 11.7. The van der Waals surface area contributed by atoms with Crippen molar-refractivity contribution in [3.05, 3.63) is 52.1 Å². The Balaban J connectivity index is 1.70. The second-order valence-corrected chi connectivity index (χ2v) is 8.62. The molecule has 1 aromatic carbocycles. The van der Waals surface area contributed by atoms with Gasteiger partial charge >= 0.3 is 6.18 Å². The molecule has 0 spiro atoms. The maximum atomic E-state index is 12.7. The van der Waals surface area contributed by atoms with E-state index in [1.807, 2.05) is 0 Å². The molecule has 1 saturated heterocycles. The summed E-state index contributed by atoms with van der Waals surface area (Å²) in [6, 6.07) is 6.34. The molecule has 0 saturated carbocycles. The van der Waals surface area contributed by atoms with Crippen molar-refractivity contribution in [2.75, 3.05) is 31.1 Å². The van der Waals surface area contributed by atoms with Crippen molar-refractivity contribution in [3.63, 3.8) is 0 Å². The third-order valence-electron chi connectivity index (χ3n) is 4.17. The van der Waals surface area contributed by atoms with Gasteiger partial charge in [-0.05, 0) is 30.3 Å². The van der Waals surface area contributed by atoms with Gasteiger partial charge in [-0.2, -0.15) is 17.5 Å². The molecular weight excluding hydrogens is 426 g/mol. The molecule has 0 amide bonds. The van der Waals surface area contributed by atoms with Crippen molar-refractivity contribution in [3.8, 4) is 0 Å². The predicted molar refractivity (Wildman–Crippen MR) is 96.7 cm³/mol. The SMILES string of the molecule is O=S(=O)(c1ccc(Cl)c(Cl)c1)N1CCN(c2ccc(C(F)(F)F)cn2)CC1. The summed E-state index contributed by atoms with van der Waals surface area (Å²) in [5.74, 6) is 0.370. The number of benzene rings is 1. The van der Waals surface area contributed by atoms with Crippen LogP contribution in [-0.2, 0) is 16.2 Å². The smallest absolute Gasteiger partial charge is 0.354 e. The van der Waals surface area contributed by atoms with Gasteiger partial charge in [0.2, 0.25) is 10.0 Å². The number of alkyl halides is 3. The molecule has 27 heavy (non-hydrogen) atoms. The van der Waals surface area contributed by atoms with E-state index in [0.29, 0.717) is 18.9 Å². The van der Waals surface area contributed by atoms with E-state index in [9.17, 15) is 21.6 Å². The summed E-state index contributed by atoms with van der Waals surface area (Å²) in [6.45, 7) is 0.953. The summed E-state index contributed by atoms with van der Waals surface area (Å²) in [5, 5.41) is 0.402. The molecule has 3 rings (SSSR count). The first-order chi connectivity index (χ1) is 12.6. The van der Waals surface area contributed by atoms with E-state index >= 15 is 0 Å². The van der Waals surface area contributed by atoms with Crippen LogP contribution in [0.25, 0.3) is 0 Å². The number of sulfonamides is 1. The molecule has 1 fully saturated rings. The zero-order valence-corrected chi connectivity index (χ0v) is 16.1. The van der Waals surface area contributed by atoms with Crippen molar-refractivity contribution < 1.29 is 21.6 Å². The van der Waals surface area contributed by atoms with E-state index in [2.05, 4.69) is 4.98 Å². The molecular formula is C16H14Cl2F3N3O2S. The van der Waals surface area contributed by atoms with Gasteiger partial charge in [-0.25, -0.2) is 13.4 Å². The molecule has 1 aromatic heterocycles. The number of anilines is 1. The molecule has 1 aliphatic heterocycles. The van der Waals surface area contributed by atoms with Crippen molar-refractivity contribution in [1.29, 1.82) is 0 Å². The van der Waals surface area contributed by atoms with Crippen molar-refractivity contribution >= 4 is 39.0 Å². The maximum absolute atomic E-state index is 12.7. The molecule has 0 radical (unpaired) electrons. The Morgan fingerprint density at radius 3 is 2.15 bits per heavy atom. The summed E-state index contributed by atoms with van der Waals surface area (Å²) in [5.41, 5.74) is -0.827. The highest BCUT2D eigenvalue weighted by molar-refractivity contribution is 7.89. The van der Waals surface area contributed by atoms with E-state index in [1.54, 1.807) is 4.90 Å². The number of hydrogen-bond acceptors (Lipinski definition) is 4. The molecule has 1 aliphatic rings. The van der Waals surface area contributed by atoms with Gasteiger partial charge in [-0.1, -0.05) is 23.2 Å². The van der Waals surface area contributed by atoms with Crippen molar-refractivity contribution in [1.82, 2.24) is 9.29 Å². The minimum absolute atomic E-state index is 0.0398. The topological polar surface area (TPSA) is 53.5 Å². The standard InChI is InChI=1S/C16H14Cl2F3N3O2S/c17-13-3-2-12(9-14(13)18)27(25,26)24-7-5-23(6-8-24)15-4-1-11(10-22-15)16(19,20)21/h1-4,9-10H,5-8H2. The number of rotatable bonds is 3. The van der Waals surface area contributed by atoms with Gasteiger partial charge < -0.3 is 4.90 Å². The normalized spacial score (nSPS) is 16.6. The Morgan fingerprint density at radius 2 is 1.63 bits per heavy atom. The van der Waals surface area contributed by atoms with E-state index < -0.39 is 21.8 Å². The largest absolute Gasteiger partial charge is 0.417 e. The number of piperazine rings is 1. The maximum Gasteiger partial charge on any atom is 0.417 e. The average Bonchev–Trinajstić information content (AvgIpc) is 2.63. The Morgan fingerprint density at radius 1 is 0.963 bits per heavy atom. The molecule has 0 unspecified atom stereocenters. The van der Waals surface area contributed by atoms with Gasteiger partial charge in [-0.3, -0.25) is 0 Å². The fraction of sp³-hybridized carbons (Fsp3) is 0.312. The third kappa shape index (κ3) is 4.31. The average molecular weight is 440 g/mol. The molecule has 0 atom stereocenters. The lowest BCUT2D eigenvalue weighted by atomic mass is 10.2. The molecule has 0 bridgehead atoms. The second-order valence-electron chi connectivity index (χ2n) is 5.87. The minimum atomic E-state index is -4.45. The van der Waals surface area contributed by atoms with Crippen LogP contribution < -0.4 is 4.90 Å². The van der Waals surface area contributed by atoms with E-state index in [4.69, 9.17) is 23.2 Å². The fourth-order valence-corrected chi connectivity index (χ4v) is 4.50. The number of hydrogen-bond donors (Lipinski definition) is 0. The first kappa shape index (κ1) is 20.2. The minimum Gasteiger partial charge on any atom is -0.354 e. The number of pyridine rings is 1. The zero-order chi connectivity index (χ0) is 19.8. The summed E-state index contributed by atoms with van der Waals surface area (Å²) < 4.78 is 64.6. The van der Waals surface area contributed by atoms with Crippen LogP contribution in [0.5, 0.6) is 0 Å². The Hall–Kier alpha value is -1.55. The van der Waals surface area contributed by atoms with E-state index in [0.717, 1.165) is 12.3 Å². The van der Waals surface area contributed by atoms with E-state index in [1.165, 1.54) is 28.6 Å². The highest BCUT2D eigenvalue weighted by Crippen LogP contribution is 2.30. The first-order valence-electron chi connectivity index (χ1n) is 7.82. The molecule has 0 aliphatic carbocycles. The monoisotopic (exact) mass is 439 g/mol. The molecule has 0 N–H and O–H groups in total. The van der Waals surface area contributed by atoms with Crippen LogP contribution in [0, 0.1) is 0 Å². The first-order valence-corrected chi connectivity index (χ1v) is 10.0. The number of halogens is 5. The van der Waals surface area contributed by atoms with Crippen molar-refractivity contribution in [2.24, 2.45) is 0 Å². The molecule has 146 valence electrons. The number of nitrogens with zero attached hydrogens (tertiary/aromatic N) is 3. The van der Waals surface area contributed by atoms with Gasteiger partial charge in [0.15, 0.2) is 0 Å². The highest BCUT2D eigenvalue weighted by Gasteiger charge is 2.32. The van der Waals surface area contributed by atoms with Gasteiger partial charge in [0.25, 0.3) is 0 Å². The van der Waals surface area contributed by atoms with Crippen LogP contribution in [0.4, 0.5) is 19.0 Å². The predicted octanol–water partition coefficient (Wildman–Crippen LogP) is 3.92. The van der Waals surface area contributed by atoms with Crippen molar-refractivity contribution in [2.45, 2.75) is 11.1 Å². The van der Waals surface area contributed by atoms with Gasteiger partial charge in [0, 0.05) is 32.4 Å². The summed E-state index contributed by atoms with van der Waals surface area (Å²) in [4.78, 5) is 5.62. The van der Waals surface area contributed by atoms with Crippen LogP contribution >= 0.6 is 23.2 Å². The zero-order valence-electron chi connectivity index (χ0n) is 13.7. The molecule has 5 nitrogen and oxygen atoms in total.